The molecule has 0 aliphatic heterocycles. The Morgan fingerprint density at radius 1 is 1.06 bits per heavy atom. The number of rotatable bonds is 5. The number of hydrogen-bond acceptors (Lipinski definition) is 6. The lowest BCUT2D eigenvalue weighted by atomic mass is 9.93. The molecule has 0 saturated carbocycles. The molecular formula is C27H27N3O5. The quantitative estimate of drug-likeness (QED) is 0.436. The van der Waals surface area contributed by atoms with Gasteiger partial charge in [0.1, 0.15) is 5.76 Å². The van der Waals surface area contributed by atoms with Gasteiger partial charge in [-0.2, -0.15) is 5.10 Å². The number of aryl methyl sites for hydroxylation is 2. The number of carbonyl (C=O) groups is 3. The van der Waals surface area contributed by atoms with E-state index in [9.17, 15) is 14.4 Å². The zero-order valence-corrected chi connectivity index (χ0v) is 20.2. The number of furan rings is 1. The summed E-state index contributed by atoms with van der Waals surface area (Å²) in [5.41, 5.74) is 6.91. The van der Waals surface area contributed by atoms with Crippen LogP contribution in [0.3, 0.4) is 0 Å². The first-order valence-electron chi connectivity index (χ1n) is 11.3. The van der Waals surface area contributed by atoms with E-state index in [0.717, 1.165) is 17.5 Å². The fourth-order valence-corrected chi connectivity index (χ4v) is 4.26. The van der Waals surface area contributed by atoms with E-state index in [4.69, 9.17) is 9.15 Å². The van der Waals surface area contributed by atoms with Crippen molar-refractivity contribution >= 4 is 29.2 Å². The number of ether oxygens (including phenoxy) is 1. The van der Waals surface area contributed by atoms with Crippen LogP contribution in [0.4, 0.5) is 5.69 Å². The molecule has 0 bridgehead atoms. The molecule has 0 saturated heterocycles. The number of fused-ring (bicyclic) bond motifs is 1. The van der Waals surface area contributed by atoms with Crippen LogP contribution in [0.2, 0.25) is 0 Å². The average Bonchev–Trinajstić information content (AvgIpc) is 3.22. The average molecular weight is 474 g/mol. The third-order valence-electron chi connectivity index (χ3n) is 6.07. The van der Waals surface area contributed by atoms with Crippen molar-refractivity contribution in [3.8, 4) is 0 Å². The highest BCUT2D eigenvalue weighted by atomic mass is 16.5. The predicted octanol–water partition coefficient (Wildman–Crippen LogP) is 4.43. The molecule has 0 fully saturated rings. The monoisotopic (exact) mass is 473 g/mol. The number of para-hydroxylation sites is 1. The topological polar surface area (TPSA) is 101 Å². The number of carbonyl (C=O) groups excluding carboxylic acids is 3. The van der Waals surface area contributed by atoms with Crippen LogP contribution < -0.4 is 10.3 Å². The Morgan fingerprint density at radius 3 is 2.57 bits per heavy atom. The van der Waals surface area contributed by atoms with Crippen LogP contribution in [-0.2, 0) is 11.2 Å². The summed E-state index contributed by atoms with van der Waals surface area (Å²) < 4.78 is 10.9. The van der Waals surface area contributed by atoms with Crippen molar-refractivity contribution in [2.75, 3.05) is 19.1 Å². The van der Waals surface area contributed by atoms with E-state index in [0.29, 0.717) is 41.1 Å². The second-order valence-electron chi connectivity index (χ2n) is 8.45. The van der Waals surface area contributed by atoms with Gasteiger partial charge < -0.3 is 14.1 Å². The SMILES string of the molecule is COC(=O)c1ccccc1N(C)C(=O)c1oc2c(c1C)/C(=N/NC(=O)c1cccc(C)c1)CCC2. The normalized spacial score (nSPS) is 13.8. The third-order valence-corrected chi connectivity index (χ3v) is 6.07. The molecule has 1 aliphatic carbocycles. The van der Waals surface area contributed by atoms with E-state index in [1.54, 1.807) is 50.4 Å². The van der Waals surface area contributed by atoms with Gasteiger partial charge in [0.15, 0.2) is 5.76 Å². The van der Waals surface area contributed by atoms with Gasteiger partial charge in [0.05, 0.1) is 24.1 Å². The molecule has 2 aromatic carbocycles. The minimum Gasteiger partial charge on any atom is -0.465 e. The zero-order valence-electron chi connectivity index (χ0n) is 20.2. The molecule has 4 rings (SSSR count). The molecule has 1 heterocycles. The molecule has 8 nitrogen and oxygen atoms in total. The first kappa shape index (κ1) is 23.9. The fourth-order valence-electron chi connectivity index (χ4n) is 4.26. The number of benzene rings is 2. The highest BCUT2D eigenvalue weighted by Gasteiger charge is 2.30. The van der Waals surface area contributed by atoms with Crippen LogP contribution >= 0.6 is 0 Å². The Bertz CT molecular complexity index is 1340. The molecule has 0 atom stereocenters. The van der Waals surface area contributed by atoms with Crippen LogP contribution in [0, 0.1) is 13.8 Å². The molecule has 2 amide bonds. The number of methoxy groups -OCH3 is 1. The van der Waals surface area contributed by atoms with E-state index in [1.807, 2.05) is 19.1 Å². The standard InChI is InChI=1S/C27H27N3O5/c1-16-9-7-10-18(15-16)25(31)29-28-20-12-8-14-22-23(20)17(2)24(35-22)26(32)30(3)21-13-6-5-11-19(21)27(33)34-4/h5-7,9-11,13,15H,8,12,14H2,1-4H3,(H,29,31)/b28-20+. The summed E-state index contributed by atoms with van der Waals surface area (Å²) in [6.45, 7) is 3.73. The molecule has 0 spiro atoms. The summed E-state index contributed by atoms with van der Waals surface area (Å²) in [6.07, 6.45) is 2.10. The first-order chi connectivity index (χ1) is 16.8. The van der Waals surface area contributed by atoms with E-state index >= 15 is 0 Å². The Labute approximate surface area is 203 Å². The van der Waals surface area contributed by atoms with Gasteiger partial charge in [-0.1, -0.05) is 29.8 Å². The molecule has 35 heavy (non-hydrogen) atoms. The van der Waals surface area contributed by atoms with Crippen molar-refractivity contribution in [3.63, 3.8) is 0 Å². The number of hydrogen-bond donors (Lipinski definition) is 1. The number of amides is 2. The van der Waals surface area contributed by atoms with Crippen LogP contribution in [0.1, 0.15) is 66.6 Å². The number of anilines is 1. The van der Waals surface area contributed by atoms with Crippen LogP contribution in [0.15, 0.2) is 58.0 Å². The Kier molecular flexibility index (Phi) is 6.82. The highest BCUT2D eigenvalue weighted by Crippen LogP contribution is 2.32. The van der Waals surface area contributed by atoms with Gasteiger partial charge in [0, 0.05) is 30.2 Å². The van der Waals surface area contributed by atoms with Gasteiger partial charge in [0.2, 0.25) is 0 Å². The van der Waals surface area contributed by atoms with Crippen LogP contribution in [0.5, 0.6) is 0 Å². The summed E-state index contributed by atoms with van der Waals surface area (Å²) in [4.78, 5) is 39.5. The highest BCUT2D eigenvalue weighted by molar-refractivity contribution is 6.12. The Morgan fingerprint density at radius 2 is 1.83 bits per heavy atom. The third kappa shape index (κ3) is 4.73. The first-order valence-corrected chi connectivity index (χ1v) is 11.3. The van der Waals surface area contributed by atoms with Gasteiger partial charge >= 0.3 is 5.97 Å². The van der Waals surface area contributed by atoms with Crippen molar-refractivity contribution < 1.29 is 23.5 Å². The predicted molar refractivity (Wildman–Crippen MR) is 132 cm³/mol. The molecule has 0 radical (unpaired) electrons. The van der Waals surface area contributed by atoms with Gasteiger partial charge in [-0.05, 0) is 51.0 Å². The van der Waals surface area contributed by atoms with E-state index in [2.05, 4.69) is 10.5 Å². The van der Waals surface area contributed by atoms with Crippen molar-refractivity contribution in [3.05, 3.63) is 87.9 Å². The maximum absolute atomic E-state index is 13.4. The van der Waals surface area contributed by atoms with Crippen molar-refractivity contribution in [1.82, 2.24) is 5.43 Å². The molecule has 180 valence electrons. The number of hydrazone groups is 1. The number of nitrogens with zero attached hydrogens (tertiary/aromatic N) is 2. The maximum Gasteiger partial charge on any atom is 0.339 e. The van der Waals surface area contributed by atoms with Crippen LogP contribution in [-0.4, -0.2) is 37.7 Å². The van der Waals surface area contributed by atoms with Crippen molar-refractivity contribution in [2.45, 2.75) is 33.1 Å². The summed E-state index contributed by atoms with van der Waals surface area (Å²) >= 11 is 0. The smallest absolute Gasteiger partial charge is 0.339 e. The summed E-state index contributed by atoms with van der Waals surface area (Å²) in [5.74, 6) is -0.386. The van der Waals surface area contributed by atoms with Gasteiger partial charge in [-0.3, -0.25) is 9.59 Å². The Balaban J connectivity index is 1.62. The number of esters is 1. The lowest BCUT2D eigenvalue weighted by Gasteiger charge is -2.19. The van der Waals surface area contributed by atoms with E-state index in [1.165, 1.54) is 12.0 Å². The van der Waals surface area contributed by atoms with E-state index in [-0.39, 0.29) is 17.2 Å². The molecule has 1 aliphatic rings. The molecule has 3 aromatic rings. The van der Waals surface area contributed by atoms with Crippen LogP contribution in [0.25, 0.3) is 0 Å². The van der Waals surface area contributed by atoms with Gasteiger partial charge in [-0.25, -0.2) is 10.2 Å². The fraction of sp³-hybridized carbons (Fsp3) is 0.259. The number of nitrogens with one attached hydrogen (secondary N) is 1. The minimum absolute atomic E-state index is 0.178. The molecule has 0 unspecified atom stereocenters. The summed E-state index contributed by atoms with van der Waals surface area (Å²) in [7, 11) is 2.88. The van der Waals surface area contributed by atoms with Gasteiger partial charge in [0.25, 0.3) is 11.8 Å². The maximum atomic E-state index is 13.4. The van der Waals surface area contributed by atoms with Crippen molar-refractivity contribution in [1.29, 1.82) is 0 Å². The molecule has 1 N–H and O–H groups in total. The zero-order chi connectivity index (χ0) is 25.1. The summed E-state index contributed by atoms with van der Waals surface area (Å²) in [5, 5.41) is 4.39. The van der Waals surface area contributed by atoms with E-state index < -0.39 is 11.9 Å². The Hall–Kier alpha value is -4.20. The second-order valence-corrected chi connectivity index (χ2v) is 8.45. The summed E-state index contributed by atoms with van der Waals surface area (Å²) in [6, 6.07) is 14.0. The van der Waals surface area contributed by atoms with Gasteiger partial charge in [-0.15, -0.1) is 0 Å². The largest absolute Gasteiger partial charge is 0.465 e. The second kappa shape index (κ2) is 9.97. The lowest BCUT2D eigenvalue weighted by molar-refractivity contribution is 0.0601. The molecule has 1 aromatic heterocycles. The minimum atomic E-state index is -0.533. The molecular weight excluding hydrogens is 446 g/mol. The van der Waals surface area contributed by atoms with Crippen molar-refractivity contribution in [2.24, 2.45) is 5.10 Å². The molecule has 8 heteroatoms. The lowest BCUT2D eigenvalue weighted by Crippen LogP contribution is -2.28.